The van der Waals surface area contributed by atoms with E-state index in [4.69, 9.17) is 5.73 Å². The van der Waals surface area contributed by atoms with Gasteiger partial charge in [-0.2, -0.15) is 0 Å². The monoisotopic (exact) mass is 254 g/mol. The molecule has 1 aliphatic carbocycles. The zero-order valence-corrected chi connectivity index (χ0v) is 11.6. The summed E-state index contributed by atoms with van der Waals surface area (Å²) in [7, 11) is 4.23. The number of likely N-dealkylation sites (tertiary alicyclic amines) is 1. The Morgan fingerprint density at radius 1 is 1.44 bits per heavy atom. The van der Waals surface area contributed by atoms with Gasteiger partial charge in [-0.1, -0.05) is 0 Å². The Kier molecular flexibility index (Phi) is 4.59. The first-order valence-electron chi connectivity index (χ1n) is 7.00. The second-order valence-corrected chi connectivity index (χ2v) is 5.84. The van der Waals surface area contributed by atoms with Crippen LogP contribution in [-0.2, 0) is 4.79 Å². The molecule has 5 heteroatoms. The van der Waals surface area contributed by atoms with E-state index >= 15 is 0 Å². The minimum Gasteiger partial charge on any atom is -0.353 e. The molecule has 1 heterocycles. The summed E-state index contributed by atoms with van der Waals surface area (Å²) in [6.07, 6.45) is 4.01. The van der Waals surface area contributed by atoms with Crippen LogP contribution in [0.2, 0.25) is 0 Å². The van der Waals surface area contributed by atoms with Crippen LogP contribution in [0.1, 0.15) is 25.7 Å². The van der Waals surface area contributed by atoms with Gasteiger partial charge in [0.1, 0.15) is 0 Å². The van der Waals surface area contributed by atoms with Gasteiger partial charge in [0.15, 0.2) is 0 Å². The normalized spacial score (nSPS) is 26.6. The third-order valence-corrected chi connectivity index (χ3v) is 4.08. The number of nitrogens with two attached hydrogens (primary N) is 1. The maximum atomic E-state index is 11.8. The number of nitrogens with zero attached hydrogens (tertiary/aromatic N) is 2. The lowest BCUT2D eigenvalue weighted by Crippen LogP contribution is -2.44. The minimum absolute atomic E-state index is 0.168. The predicted molar refractivity (Wildman–Crippen MR) is 72.3 cm³/mol. The van der Waals surface area contributed by atoms with Crippen molar-refractivity contribution in [1.82, 2.24) is 15.1 Å². The fourth-order valence-electron chi connectivity index (χ4n) is 2.61. The van der Waals surface area contributed by atoms with Crippen LogP contribution >= 0.6 is 0 Å². The number of rotatable bonds is 6. The maximum absolute atomic E-state index is 11.8. The quantitative estimate of drug-likeness (QED) is 0.678. The Labute approximate surface area is 110 Å². The third kappa shape index (κ3) is 3.67. The van der Waals surface area contributed by atoms with Crippen molar-refractivity contribution in [1.29, 1.82) is 0 Å². The molecule has 1 amide bonds. The molecule has 1 saturated heterocycles. The highest BCUT2D eigenvalue weighted by Crippen LogP contribution is 2.20. The van der Waals surface area contributed by atoms with Gasteiger partial charge in [0.05, 0.1) is 0 Å². The highest BCUT2D eigenvalue weighted by Gasteiger charge is 2.31. The topological polar surface area (TPSA) is 61.6 Å². The first-order chi connectivity index (χ1) is 8.60. The molecule has 0 radical (unpaired) electrons. The van der Waals surface area contributed by atoms with Gasteiger partial charge in [0.2, 0.25) is 5.91 Å². The average molecular weight is 254 g/mol. The summed E-state index contributed by atoms with van der Waals surface area (Å²) < 4.78 is 0. The van der Waals surface area contributed by atoms with Crippen molar-refractivity contribution in [3.05, 3.63) is 0 Å². The van der Waals surface area contributed by atoms with Crippen molar-refractivity contribution < 1.29 is 4.79 Å². The van der Waals surface area contributed by atoms with Crippen molar-refractivity contribution in [3.63, 3.8) is 0 Å². The first kappa shape index (κ1) is 13.8. The highest BCUT2D eigenvalue weighted by molar-refractivity contribution is 5.77. The van der Waals surface area contributed by atoms with Crippen molar-refractivity contribution >= 4 is 5.91 Å². The number of likely N-dealkylation sites (N-methyl/N-ethyl adjacent to an activating group) is 1. The summed E-state index contributed by atoms with van der Waals surface area (Å²) in [4.78, 5) is 16.5. The van der Waals surface area contributed by atoms with E-state index in [1.807, 2.05) is 0 Å². The fraction of sp³-hybridized carbons (Fsp3) is 0.923. The van der Waals surface area contributed by atoms with Gasteiger partial charge in [-0.05, 0) is 33.4 Å². The molecule has 2 rings (SSSR count). The molecule has 0 aromatic rings. The van der Waals surface area contributed by atoms with Gasteiger partial charge in [0, 0.05) is 44.2 Å². The number of amides is 1. The summed E-state index contributed by atoms with van der Waals surface area (Å²) in [5, 5.41) is 3.04. The number of carbonyl (C=O) groups excluding carboxylic acids is 1. The lowest BCUT2D eigenvalue weighted by molar-refractivity contribution is -0.122. The van der Waals surface area contributed by atoms with Crippen LogP contribution in [0.4, 0.5) is 0 Å². The van der Waals surface area contributed by atoms with E-state index in [0.717, 1.165) is 25.9 Å². The van der Waals surface area contributed by atoms with Crippen LogP contribution in [0, 0.1) is 0 Å². The van der Waals surface area contributed by atoms with Crippen LogP contribution in [0.25, 0.3) is 0 Å². The Hall–Kier alpha value is -0.650. The SMILES string of the molecule is CN(C)C1CCN(C(CN)CC(=O)NC2CC2)C1. The lowest BCUT2D eigenvalue weighted by atomic mass is 10.1. The first-order valence-corrected chi connectivity index (χ1v) is 7.00. The van der Waals surface area contributed by atoms with E-state index in [2.05, 4.69) is 29.2 Å². The molecule has 3 N–H and O–H groups in total. The van der Waals surface area contributed by atoms with Crippen LogP contribution in [0.3, 0.4) is 0 Å². The van der Waals surface area contributed by atoms with Crippen LogP contribution in [0.15, 0.2) is 0 Å². The second-order valence-electron chi connectivity index (χ2n) is 5.84. The van der Waals surface area contributed by atoms with Gasteiger partial charge in [-0.3, -0.25) is 9.69 Å². The van der Waals surface area contributed by atoms with Gasteiger partial charge in [-0.25, -0.2) is 0 Å². The molecule has 2 atom stereocenters. The number of hydrogen-bond donors (Lipinski definition) is 2. The predicted octanol–water partition coefficient (Wildman–Crippen LogP) is -0.382. The summed E-state index contributed by atoms with van der Waals surface area (Å²) in [6, 6.07) is 1.25. The highest BCUT2D eigenvalue weighted by atomic mass is 16.1. The van der Waals surface area contributed by atoms with E-state index in [0.29, 0.717) is 25.0 Å². The molecule has 1 aliphatic heterocycles. The molecule has 0 aromatic heterocycles. The molecule has 5 nitrogen and oxygen atoms in total. The fourth-order valence-corrected chi connectivity index (χ4v) is 2.61. The van der Waals surface area contributed by atoms with Crippen molar-refractivity contribution in [2.24, 2.45) is 5.73 Å². The van der Waals surface area contributed by atoms with E-state index in [-0.39, 0.29) is 11.9 Å². The van der Waals surface area contributed by atoms with Crippen molar-refractivity contribution in [2.45, 2.75) is 43.8 Å². The van der Waals surface area contributed by atoms with Crippen molar-refractivity contribution in [3.8, 4) is 0 Å². The van der Waals surface area contributed by atoms with Gasteiger partial charge in [-0.15, -0.1) is 0 Å². The molecule has 2 unspecified atom stereocenters. The third-order valence-electron chi connectivity index (χ3n) is 4.08. The molecule has 2 aliphatic rings. The van der Waals surface area contributed by atoms with E-state index in [1.54, 1.807) is 0 Å². The summed E-state index contributed by atoms with van der Waals surface area (Å²) in [5.74, 6) is 0.168. The Morgan fingerprint density at radius 2 is 2.17 bits per heavy atom. The zero-order chi connectivity index (χ0) is 13.1. The maximum Gasteiger partial charge on any atom is 0.221 e. The van der Waals surface area contributed by atoms with Crippen LogP contribution < -0.4 is 11.1 Å². The minimum atomic E-state index is 0.168. The van der Waals surface area contributed by atoms with Crippen molar-refractivity contribution in [2.75, 3.05) is 33.7 Å². The molecule has 0 bridgehead atoms. The van der Waals surface area contributed by atoms with Crippen LogP contribution in [0.5, 0.6) is 0 Å². The largest absolute Gasteiger partial charge is 0.353 e. The summed E-state index contributed by atoms with van der Waals surface area (Å²) in [5.41, 5.74) is 5.83. The second kappa shape index (κ2) is 5.99. The number of hydrogen-bond acceptors (Lipinski definition) is 4. The Balaban J connectivity index is 1.79. The molecular weight excluding hydrogens is 228 g/mol. The van der Waals surface area contributed by atoms with E-state index < -0.39 is 0 Å². The molecule has 2 fully saturated rings. The molecule has 1 saturated carbocycles. The summed E-state index contributed by atoms with van der Waals surface area (Å²) >= 11 is 0. The number of carbonyl (C=O) groups is 1. The smallest absolute Gasteiger partial charge is 0.221 e. The molecule has 104 valence electrons. The molecule has 0 aromatic carbocycles. The van der Waals surface area contributed by atoms with E-state index in [9.17, 15) is 4.79 Å². The zero-order valence-electron chi connectivity index (χ0n) is 11.6. The van der Waals surface area contributed by atoms with E-state index in [1.165, 1.54) is 6.42 Å². The lowest BCUT2D eigenvalue weighted by Gasteiger charge is -2.27. The standard InChI is InChI=1S/C13H26N4O/c1-16(2)11-5-6-17(9-11)12(8-14)7-13(18)15-10-3-4-10/h10-12H,3-9,14H2,1-2H3,(H,15,18). The summed E-state index contributed by atoms with van der Waals surface area (Å²) in [6.45, 7) is 2.66. The molecule has 0 spiro atoms. The molecule has 18 heavy (non-hydrogen) atoms. The van der Waals surface area contributed by atoms with Gasteiger partial charge >= 0.3 is 0 Å². The number of nitrogens with one attached hydrogen (secondary N) is 1. The van der Waals surface area contributed by atoms with Crippen LogP contribution in [-0.4, -0.2) is 67.6 Å². The van der Waals surface area contributed by atoms with Gasteiger partial charge in [0.25, 0.3) is 0 Å². The Bertz CT molecular complexity index is 291. The molecular formula is C13H26N4O. The van der Waals surface area contributed by atoms with Gasteiger partial charge < -0.3 is 16.0 Å². The average Bonchev–Trinajstić information content (AvgIpc) is 2.98. The Morgan fingerprint density at radius 3 is 2.67 bits per heavy atom.